The first-order valence-electron chi connectivity index (χ1n) is 5.78. The van der Waals surface area contributed by atoms with Crippen LogP contribution in [0, 0.1) is 11.6 Å². The summed E-state index contributed by atoms with van der Waals surface area (Å²) in [5.41, 5.74) is 0.488. The zero-order chi connectivity index (χ0) is 14.3. The molecule has 0 radical (unpaired) electrons. The number of fused-ring (bicyclic) bond motifs is 1. The van der Waals surface area contributed by atoms with Gasteiger partial charge in [0.25, 0.3) is 0 Å². The van der Waals surface area contributed by atoms with E-state index < -0.39 is 17.7 Å². The normalized spacial score (nSPS) is 13.0. The Morgan fingerprint density at radius 2 is 2.15 bits per heavy atom. The highest BCUT2D eigenvalue weighted by atomic mass is 35.5. The van der Waals surface area contributed by atoms with Gasteiger partial charge in [-0.1, -0.05) is 11.6 Å². The fraction of sp³-hybridized carbons (Fsp3) is 0.154. The minimum absolute atomic E-state index is 0.104. The van der Waals surface area contributed by atoms with Crippen molar-refractivity contribution in [1.29, 1.82) is 0 Å². The number of hydrogen-bond acceptors (Lipinski definition) is 3. The second kappa shape index (κ2) is 5.12. The standard InChI is InChI=1S/C13H9ClF2N2OS/c14-9-5-10(15)8(4-11(9)16)12(19)3-7-6-18-1-2-20-13(18)17-7/h1-2,4-6,12,19H,3H2. The topological polar surface area (TPSA) is 37.5 Å². The molecular formula is C13H9ClF2N2OS. The van der Waals surface area contributed by atoms with Gasteiger partial charge in [0.15, 0.2) is 4.96 Å². The van der Waals surface area contributed by atoms with Crippen LogP contribution in [0.3, 0.4) is 0 Å². The first-order valence-corrected chi connectivity index (χ1v) is 7.04. The van der Waals surface area contributed by atoms with E-state index in [1.54, 1.807) is 6.20 Å². The number of thiazole rings is 1. The summed E-state index contributed by atoms with van der Waals surface area (Å²) in [6.07, 6.45) is 2.52. The lowest BCUT2D eigenvalue weighted by molar-refractivity contribution is 0.172. The van der Waals surface area contributed by atoms with Crippen LogP contribution in [0.2, 0.25) is 5.02 Å². The van der Waals surface area contributed by atoms with Crippen LogP contribution in [0.15, 0.2) is 29.9 Å². The van der Waals surface area contributed by atoms with Crippen molar-refractivity contribution in [2.24, 2.45) is 0 Å². The SMILES string of the molecule is OC(Cc1cn2ccsc2n1)c1cc(F)c(Cl)cc1F. The summed E-state index contributed by atoms with van der Waals surface area (Å²) in [6.45, 7) is 0. The summed E-state index contributed by atoms with van der Waals surface area (Å²) in [7, 11) is 0. The van der Waals surface area contributed by atoms with Crippen molar-refractivity contribution >= 4 is 27.9 Å². The number of hydrogen-bond donors (Lipinski definition) is 1. The Morgan fingerprint density at radius 3 is 2.90 bits per heavy atom. The molecule has 0 saturated carbocycles. The van der Waals surface area contributed by atoms with Crippen molar-refractivity contribution in [3.8, 4) is 0 Å². The van der Waals surface area contributed by atoms with Crippen molar-refractivity contribution in [1.82, 2.24) is 9.38 Å². The van der Waals surface area contributed by atoms with Gasteiger partial charge in [-0.3, -0.25) is 4.40 Å². The van der Waals surface area contributed by atoms with E-state index in [2.05, 4.69) is 4.98 Å². The molecule has 0 aliphatic carbocycles. The van der Waals surface area contributed by atoms with Crippen LogP contribution < -0.4 is 0 Å². The second-order valence-corrected chi connectivity index (χ2v) is 5.61. The molecule has 0 saturated heterocycles. The highest BCUT2D eigenvalue weighted by molar-refractivity contribution is 7.15. The van der Waals surface area contributed by atoms with Gasteiger partial charge in [-0.05, 0) is 12.1 Å². The highest BCUT2D eigenvalue weighted by Gasteiger charge is 2.18. The molecule has 3 rings (SSSR count). The van der Waals surface area contributed by atoms with Crippen molar-refractivity contribution in [2.45, 2.75) is 12.5 Å². The van der Waals surface area contributed by atoms with Crippen LogP contribution in [0.25, 0.3) is 4.96 Å². The fourth-order valence-electron chi connectivity index (χ4n) is 1.98. The van der Waals surface area contributed by atoms with Gasteiger partial charge in [0.1, 0.15) is 11.6 Å². The molecule has 104 valence electrons. The predicted octanol–water partition coefficient (Wildman–Crippen LogP) is 3.60. The molecule has 3 nitrogen and oxygen atoms in total. The van der Waals surface area contributed by atoms with Gasteiger partial charge >= 0.3 is 0 Å². The molecule has 0 fully saturated rings. The summed E-state index contributed by atoms with van der Waals surface area (Å²) in [5, 5.41) is 11.6. The monoisotopic (exact) mass is 314 g/mol. The van der Waals surface area contributed by atoms with E-state index in [0.717, 1.165) is 17.1 Å². The molecule has 20 heavy (non-hydrogen) atoms. The van der Waals surface area contributed by atoms with E-state index in [0.29, 0.717) is 5.69 Å². The number of halogens is 3. The summed E-state index contributed by atoms with van der Waals surface area (Å²) in [5.74, 6) is -1.49. The zero-order valence-electron chi connectivity index (χ0n) is 10.1. The molecule has 0 bridgehead atoms. The summed E-state index contributed by atoms with van der Waals surface area (Å²) in [6, 6.07) is 1.78. The van der Waals surface area contributed by atoms with Gasteiger partial charge in [-0.2, -0.15) is 0 Å². The van der Waals surface area contributed by atoms with Crippen LogP contribution in [0.5, 0.6) is 0 Å². The molecule has 1 aromatic carbocycles. The van der Waals surface area contributed by atoms with E-state index in [9.17, 15) is 13.9 Å². The Kier molecular flexibility index (Phi) is 3.45. The molecule has 1 N–H and O–H groups in total. The largest absolute Gasteiger partial charge is 0.388 e. The van der Waals surface area contributed by atoms with Gasteiger partial charge in [-0.15, -0.1) is 11.3 Å². The van der Waals surface area contributed by atoms with Gasteiger partial charge in [0, 0.05) is 29.8 Å². The number of nitrogens with zero attached hydrogens (tertiary/aromatic N) is 2. The Hall–Kier alpha value is -1.50. The third-order valence-electron chi connectivity index (χ3n) is 2.94. The second-order valence-electron chi connectivity index (χ2n) is 4.33. The number of imidazole rings is 1. The number of aliphatic hydroxyl groups excluding tert-OH is 1. The van der Waals surface area contributed by atoms with Gasteiger partial charge in [-0.25, -0.2) is 13.8 Å². The molecule has 0 aliphatic rings. The van der Waals surface area contributed by atoms with Crippen LogP contribution in [-0.4, -0.2) is 14.5 Å². The maximum Gasteiger partial charge on any atom is 0.193 e. The lowest BCUT2D eigenvalue weighted by Crippen LogP contribution is -2.05. The van der Waals surface area contributed by atoms with E-state index >= 15 is 0 Å². The zero-order valence-corrected chi connectivity index (χ0v) is 11.6. The average Bonchev–Trinajstić information content (AvgIpc) is 2.94. The van der Waals surface area contributed by atoms with Crippen LogP contribution in [0.4, 0.5) is 8.78 Å². The first-order chi connectivity index (χ1) is 9.54. The van der Waals surface area contributed by atoms with Crippen molar-refractivity contribution < 1.29 is 13.9 Å². The summed E-state index contributed by atoms with van der Waals surface area (Å²) in [4.78, 5) is 5.07. The number of rotatable bonds is 3. The predicted molar refractivity (Wildman–Crippen MR) is 73.1 cm³/mol. The maximum atomic E-state index is 13.7. The number of benzene rings is 1. The van der Waals surface area contributed by atoms with E-state index in [1.165, 1.54) is 11.3 Å². The average molecular weight is 315 g/mol. The minimum Gasteiger partial charge on any atom is -0.388 e. The lowest BCUT2D eigenvalue weighted by Gasteiger charge is -2.11. The Balaban J connectivity index is 1.87. The highest BCUT2D eigenvalue weighted by Crippen LogP contribution is 2.26. The molecule has 1 atom stereocenters. The minimum atomic E-state index is -1.17. The fourth-order valence-corrected chi connectivity index (χ4v) is 2.85. The molecule has 0 aliphatic heterocycles. The van der Waals surface area contributed by atoms with Crippen molar-refractivity contribution in [2.75, 3.05) is 0 Å². The molecular weight excluding hydrogens is 306 g/mol. The molecule has 0 spiro atoms. The van der Waals surface area contributed by atoms with Gasteiger partial charge < -0.3 is 5.11 Å². The van der Waals surface area contributed by atoms with Crippen LogP contribution in [0.1, 0.15) is 17.4 Å². The third-order valence-corrected chi connectivity index (χ3v) is 4.00. The third kappa shape index (κ3) is 2.42. The van der Waals surface area contributed by atoms with E-state index in [1.807, 2.05) is 16.0 Å². The smallest absolute Gasteiger partial charge is 0.193 e. The number of aliphatic hydroxyl groups is 1. The lowest BCUT2D eigenvalue weighted by atomic mass is 10.0. The maximum absolute atomic E-state index is 13.7. The first kappa shape index (κ1) is 13.5. The van der Waals surface area contributed by atoms with Gasteiger partial charge in [0.2, 0.25) is 0 Å². The van der Waals surface area contributed by atoms with Crippen molar-refractivity contribution in [3.05, 3.63) is 57.8 Å². The van der Waals surface area contributed by atoms with E-state index in [4.69, 9.17) is 11.6 Å². The Labute approximate surface area is 122 Å². The Morgan fingerprint density at radius 1 is 1.35 bits per heavy atom. The quantitative estimate of drug-likeness (QED) is 0.750. The molecule has 2 aromatic heterocycles. The molecule has 7 heteroatoms. The van der Waals surface area contributed by atoms with Crippen LogP contribution >= 0.6 is 22.9 Å². The molecule has 1 unspecified atom stereocenters. The van der Waals surface area contributed by atoms with E-state index in [-0.39, 0.29) is 17.0 Å². The van der Waals surface area contributed by atoms with Crippen LogP contribution in [-0.2, 0) is 6.42 Å². The van der Waals surface area contributed by atoms with Crippen molar-refractivity contribution in [3.63, 3.8) is 0 Å². The van der Waals surface area contributed by atoms with Gasteiger partial charge in [0.05, 0.1) is 16.8 Å². The Bertz CT molecular complexity index is 742. The molecule has 2 heterocycles. The number of aromatic nitrogens is 2. The summed E-state index contributed by atoms with van der Waals surface area (Å²) >= 11 is 6.94. The molecule has 0 amide bonds. The summed E-state index contributed by atoms with van der Waals surface area (Å²) < 4.78 is 28.9. The molecule has 3 aromatic rings.